The molecule has 132 valence electrons. The molecule has 0 saturated carbocycles. The van der Waals surface area contributed by atoms with E-state index < -0.39 is 5.60 Å². The van der Waals surface area contributed by atoms with Gasteiger partial charge in [0, 0.05) is 0 Å². The van der Waals surface area contributed by atoms with Crippen LogP contribution in [0, 0.1) is 0 Å². The van der Waals surface area contributed by atoms with Crippen LogP contribution in [-0.2, 0) is 9.53 Å². The highest BCUT2D eigenvalue weighted by Crippen LogP contribution is 2.66. The second-order valence-electron chi connectivity index (χ2n) is 6.16. The third-order valence-corrected chi connectivity index (χ3v) is 9.33. The monoisotopic (exact) mass is 600 g/mol. The first kappa shape index (κ1) is 18.8. The van der Waals surface area contributed by atoms with E-state index in [2.05, 4.69) is 88.0 Å². The fraction of sp³-hybridized carbons (Fsp3) is 0.150. The highest BCUT2D eigenvalue weighted by molar-refractivity contribution is 9.15. The van der Waals surface area contributed by atoms with Gasteiger partial charge in [0.2, 0.25) is 5.78 Å². The molecular weight excluding hydrogens is 592 g/mol. The van der Waals surface area contributed by atoms with Crippen molar-refractivity contribution in [3.8, 4) is 0 Å². The lowest BCUT2D eigenvalue weighted by Gasteiger charge is -2.56. The highest BCUT2D eigenvalue weighted by Gasteiger charge is 2.63. The standard InChI is InChI=1S/C20H12Br4O2/c21-14-16(25)15(22)19(24)20(18(14)23)13(11-7-3-1-4-8-11)17(26-20)12-9-5-2-6-10-12/h1-10,13,17H/t13-,17-/m1/s1. The lowest BCUT2D eigenvalue weighted by Crippen LogP contribution is -2.56. The van der Waals surface area contributed by atoms with Crippen LogP contribution in [0.3, 0.4) is 0 Å². The molecule has 1 fully saturated rings. The number of carbonyl (C=O) groups is 1. The maximum absolute atomic E-state index is 12.4. The van der Waals surface area contributed by atoms with E-state index in [0.717, 1.165) is 11.1 Å². The molecule has 1 saturated heterocycles. The molecule has 0 bridgehead atoms. The fourth-order valence-electron chi connectivity index (χ4n) is 3.55. The lowest BCUT2D eigenvalue weighted by atomic mass is 9.69. The van der Waals surface area contributed by atoms with Gasteiger partial charge in [-0.15, -0.1) is 0 Å². The smallest absolute Gasteiger partial charge is 0.208 e. The number of allylic oxidation sites excluding steroid dienone is 2. The predicted octanol–water partition coefficient (Wildman–Crippen LogP) is 6.87. The van der Waals surface area contributed by atoms with E-state index in [9.17, 15) is 4.79 Å². The number of rotatable bonds is 2. The Bertz CT molecular complexity index is 907. The van der Waals surface area contributed by atoms with E-state index in [1.807, 2.05) is 36.4 Å². The molecule has 1 aliphatic heterocycles. The molecule has 2 atom stereocenters. The number of hydrogen-bond acceptors (Lipinski definition) is 2. The summed E-state index contributed by atoms with van der Waals surface area (Å²) in [7, 11) is 0. The number of benzene rings is 2. The molecule has 2 nitrogen and oxygen atoms in total. The Morgan fingerprint density at radius 2 is 1.19 bits per heavy atom. The number of Topliss-reactive ketones (excluding diaryl/α,β-unsaturated/α-hetero) is 1. The SMILES string of the molecule is O=C1C(Br)=C(Br)C2(O[C@H](c3ccccc3)[C@H]2c2ccccc2)C(Br)=C1Br. The van der Waals surface area contributed by atoms with Crippen molar-refractivity contribution in [3.63, 3.8) is 0 Å². The van der Waals surface area contributed by atoms with Gasteiger partial charge in [-0.25, -0.2) is 0 Å². The van der Waals surface area contributed by atoms with Crippen molar-refractivity contribution in [1.29, 1.82) is 0 Å². The molecule has 0 unspecified atom stereocenters. The Balaban J connectivity index is 1.91. The summed E-state index contributed by atoms with van der Waals surface area (Å²) in [5, 5.41) is 0. The Morgan fingerprint density at radius 1 is 0.731 bits per heavy atom. The van der Waals surface area contributed by atoms with Gasteiger partial charge in [-0.3, -0.25) is 4.79 Å². The van der Waals surface area contributed by atoms with Crippen LogP contribution in [0.15, 0.2) is 78.6 Å². The van der Waals surface area contributed by atoms with Gasteiger partial charge in [0.05, 0.1) is 30.0 Å². The molecule has 1 heterocycles. The zero-order chi connectivity index (χ0) is 18.5. The molecule has 0 N–H and O–H groups in total. The summed E-state index contributed by atoms with van der Waals surface area (Å²) in [4.78, 5) is 12.4. The molecule has 1 spiro atoms. The molecule has 2 aliphatic rings. The number of hydrogen-bond donors (Lipinski definition) is 0. The average molecular weight is 604 g/mol. The van der Waals surface area contributed by atoms with Crippen LogP contribution in [0.25, 0.3) is 0 Å². The lowest BCUT2D eigenvalue weighted by molar-refractivity contribution is -0.181. The number of halogens is 4. The van der Waals surface area contributed by atoms with Crippen LogP contribution in [0.4, 0.5) is 0 Å². The largest absolute Gasteiger partial charge is 0.355 e. The Labute approximate surface area is 185 Å². The first-order chi connectivity index (χ1) is 12.5. The summed E-state index contributed by atoms with van der Waals surface area (Å²) in [6, 6.07) is 20.4. The van der Waals surface area contributed by atoms with Crippen molar-refractivity contribution in [2.24, 2.45) is 0 Å². The Morgan fingerprint density at radius 3 is 1.69 bits per heavy atom. The van der Waals surface area contributed by atoms with Crippen LogP contribution in [0.1, 0.15) is 23.1 Å². The predicted molar refractivity (Wildman–Crippen MR) is 117 cm³/mol. The third-order valence-electron chi connectivity index (χ3n) is 4.78. The van der Waals surface area contributed by atoms with Gasteiger partial charge >= 0.3 is 0 Å². The minimum absolute atomic E-state index is 0.00282. The van der Waals surface area contributed by atoms with Crippen molar-refractivity contribution < 1.29 is 9.53 Å². The molecule has 4 rings (SSSR count). The van der Waals surface area contributed by atoms with Gasteiger partial charge in [-0.05, 0) is 43.0 Å². The van der Waals surface area contributed by atoms with Gasteiger partial charge in [0.15, 0.2) is 0 Å². The van der Waals surface area contributed by atoms with Gasteiger partial charge in [0.25, 0.3) is 0 Å². The normalized spacial score (nSPS) is 24.8. The van der Waals surface area contributed by atoms with Crippen LogP contribution in [0.5, 0.6) is 0 Å². The molecule has 2 aromatic rings. The van der Waals surface area contributed by atoms with Crippen molar-refractivity contribution in [3.05, 3.63) is 89.7 Å². The van der Waals surface area contributed by atoms with E-state index in [0.29, 0.717) is 17.9 Å². The van der Waals surface area contributed by atoms with E-state index in [-0.39, 0.29) is 17.8 Å². The maximum atomic E-state index is 12.4. The summed E-state index contributed by atoms with van der Waals surface area (Å²) < 4.78 is 8.86. The average Bonchev–Trinajstić information content (AvgIpc) is 2.66. The van der Waals surface area contributed by atoms with Crippen molar-refractivity contribution in [2.45, 2.75) is 17.6 Å². The van der Waals surface area contributed by atoms with Crippen LogP contribution in [-0.4, -0.2) is 11.4 Å². The van der Waals surface area contributed by atoms with Crippen molar-refractivity contribution in [2.75, 3.05) is 0 Å². The van der Waals surface area contributed by atoms with Gasteiger partial charge in [-0.1, -0.05) is 92.5 Å². The second-order valence-corrected chi connectivity index (χ2v) is 9.33. The van der Waals surface area contributed by atoms with E-state index in [4.69, 9.17) is 4.74 Å². The topological polar surface area (TPSA) is 26.3 Å². The Hall–Kier alpha value is -0.530. The first-order valence-corrected chi connectivity index (χ1v) is 11.1. The highest BCUT2D eigenvalue weighted by atomic mass is 79.9. The summed E-state index contributed by atoms with van der Waals surface area (Å²) in [5.41, 5.74) is 1.47. The van der Waals surface area contributed by atoms with Crippen LogP contribution < -0.4 is 0 Å². The number of ether oxygens (including phenoxy) is 1. The molecule has 26 heavy (non-hydrogen) atoms. The molecule has 0 amide bonds. The Kier molecular flexibility index (Phi) is 5.16. The molecule has 6 heteroatoms. The molecular formula is C20H12Br4O2. The number of ketones is 1. The molecule has 0 radical (unpaired) electrons. The van der Waals surface area contributed by atoms with Gasteiger partial charge in [-0.2, -0.15) is 0 Å². The summed E-state index contributed by atoms with van der Waals surface area (Å²) in [6.07, 6.45) is -0.118. The number of carbonyl (C=O) groups excluding carboxylic acids is 1. The van der Waals surface area contributed by atoms with Crippen molar-refractivity contribution in [1.82, 2.24) is 0 Å². The fourth-order valence-corrected chi connectivity index (χ4v) is 6.50. The maximum Gasteiger partial charge on any atom is 0.208 e. The van der Waals surface area contributed by atoms with E-state index >= 15 is 0 Å². The minimum atomic E-state index is -0.784. The zero-order valence-electron chi connectivity index (χ0n) is 13.3. The second kappa shape index (κ2) is 7.13. The van der Waals surface area contributed by atoms with Crippen LogP contribution in [0.2, 0.25) is 0 Å². The molecule has 2 aromatic carbocycles. The van der Waals surface area contributed by atoms with Crippen LogP contribution >= 0.6 is 63.7 Å². The van der Waals surface area contributed by atoms with E-state index in [1.54, 1.807) is 0 Å². The first-order valence-electron chi connectivity index (χ1n) is 7.92. The quantitative estimate of drug-likeness (QED) is 0.375. The summed E-state index contributed by atoms with van der Waals surface area (Å²) in [6.45, 7) is 0. The summed E-state index contributed by atoms with van der Waals surface area (Å²) >= 11 is 14.1. The third kappa shape index (κ3) is 2.68. The molecule has 1 aliphatic carbocycles. The zero-order valence-corrected chi connectivity index (χ0v) is 19.6. The van der Waals surface area contributed by atoms with Crippen molar-refractivity contribution >= 4 is 69.5 Å². The van der Waals surface area contributed by atoms with Gasteiger partial charge in [0.1, 0.15) is 5.60 Å². The van der Waals surface area contributed by atoms with E-state index in [1.165, 1.54) is 0 Å². The summed E-state index contributed by atoms with van der Waals surface area (Å²) in [5.74, 6) is -0.115. The minimum Gasteiger partial charge on any atom is -0.355 e. The van der Waals surface area contributed by atoms with Gasteiger partial charge < -0.3 is 4.74 Å². The molecule has 0 aromatic heterocycles.